The maximum Gasteiger partial charge on any atom is 0.320 e. The van der Waals surface area contributed by atoms with Crippen molar-refractivity contribution in [3.05, 3.63) is 35.4 Å². The third-order valence-corrected chi connectivity index (χ3v) is 4.13. The molecule has 3 nitrogen and oxygen atoms in total. The molecule has 0 bridgehead atoms. The molecule has 2 unspecified atom stereocenters. The van der Waals surface area contributed by atoms with Gasteiger partial charge in [-0.15, -0.1) is 0 Å². The Balaban J connectivity index is 2.31. The molecule has 2 rings (SSSR count). The number of carbonyl (C=O) groups is 1. The molecule has 0 aliphatic carbocycles. The van der Waals surface area contributed by atoms with E-state index in [1.54, 1.807) is 0 Å². The first-order valence-corrected chi connectivity index (χ1v) is 7.48. The molecule has 5 heteroatoms. The average Bonchev–Trinajstić information content (AvgIpc) is 2.90. The van der Waals surface area contributed by atoms with Gasteiger partial charge in [0.05, 0.1) is 0 Å². The zero-order chi connectivity index (χ0) is 15.4. The number of likely N-dealkylation sites (tertiary alicyclic amines) is 1. The lowest BCUT2D eigenvalue weighted by molar-refractivity contribution is -0.143. The van der Waals surface area contributed by atoms with E-state index in [9.17, 15) is 18.7 Å². The van der Waals surface area contributed by atoms with Crippen LogP contribution in [0.2, 0.25) is 0 Å². The minimum atomic E-state index is -0.864. The lowest BCUT2D eigenvalue weighted by atomic mass is 9.98. The molecule has 1 saturated heterocycles. The van der Waals surface area contributed by atoms with Crippen molar-refractivity contribution in [2.45, 2.75) is 51.1 Å². The van der Waals surface area contributed by atoms with E-state index >= 15 is 0 Å². The van der Waals surface area contributed by atoms with Gasteiger partial charge in [0.15, 0.2) is 0 Å². The second-order valence-corrected chi connectivity index (χ2v) is 5.56. The minimum absolute atomic E-state index is 0.297. The van der Waals surface area contributed by atoms with Crippen LogP contribution in [0.1, 0.15) is 50.6 Å². The Bertz CT molecular complexity index is 507. The van der Waals surface area contributed by atoms with Crippen LogP contribution in [0.5, 0.6) is 0 Å². The van der Waals surface area contributed by atoms with Crippen LogP contribution in [0.15, 0.2) is 18.2 Å². The van der Waals surface area contributed by atoms with Crippen molar-refractivity contribution in [3.8, 4) is 0 Å². The first-order valence-electron chi connectivity index (χ1n) is 7.48. The maximum atomic E-state index is 14.1. The zero-order valence-electron chi connectivity index (χ0n) is 12.2. The van der Waals surface area contributed by atoms with E-state index in [1.807, 2.05) is 11.8 Å². The number of benzene rings is 1. The van der Waals surface area contributed by atoms with Gasteiger partial charge in [0.25, 0.3) is 0 Å². The highest BCUT2D eigenvalue weighted by Gasteiger charge is 2.36. The van der Waals surface area contributed by atoms with Crippen molar-refractivity contribution in [1.82, 2.24) is 4.90 Å². The van der Waals surface area contributed by atoms with Gasteiger partial charge < -0.3 is 5.11 Å². The fourth-order valence-corrected chi connectivity index (χ4v) is 3.10. The molecule has 21 heavy (non-hydrogen) atoms. The highest BCUT2D eigenvalue weighted by molar-refractivity contribution is 5.73. The Morgan fingerprint density at radius 3 is 2.86 bits per heavy atom. The molecule has 1 fully saturated rings. The molecule has 1 aliphatic heterocycles. The Hall–Kier alpha value is -1.49. The Labute approximate surface area is 123 Å². The molecular formula is C16H21F2NO2. The SMILES string of the molecule is CCCCC(c1ccc(F)cc1F)N1CCCC1C(=O)O. The first-order chi connectivity index (χ1) is 10.0. The highest BCUT2D eigenvalue weighted by Crippen LogP contribution is 2.34. The van der Waals surface area contributed by atoms with Crippen molar-refractivity contribution < 1.29 is 18.7 Å². The van der Waals surface area contributed by atoms with Gasteiger partial charge in [-0.05, 0) is 31.9 Å². The van der Waals surface area contributed by atoms with E-state index in [4.69, 9.17) is 0 Å². The number of aliphatic carboxylic acids is 1. The van der Waals surface area contributed by atoms with Crippen LogP contribution in [-0.2, 0) is 4.79 Å². The number of carboxylic acids is 1. The molecular weight excluding hydrogens is 276 g/mol. The number of nitrogens with zero attached hydrogens (tertiary/aromatic N) is 1. The number of carboxylic acid groups (broad SMARTS) is 1. The van der Waals surface area contributed by atoms with Crippen LogP contribution in [-0.4, -0.2) is 28.6 Å². The lowest BCUT2D eigenvalue weighted by Gasteiger charge is -2.31. The van der Waals surface area contributed by atoms with Crippen LogP contribution in [0, 0.1) is 11.6 Å². The van der Waals surface area contributed by atoms with Gasteiger partial charge in [-0.1, -0.05) is 25.8 Å². The summed E-state index contributed by atoms with van der Waals surface area (Å²) < 4.78 is 27.2. The van der Waals surface area contributed by atoms with Crippen LogP contribution in [0.3, 0.4) is 0 Å². The smallest absolute Gasteiger partial charge is 0.320 e. The summed E-state index contributed by atoms with van der Waals surface area (Å²) in [6, 6.07) is 2.69. The van der Waals surface area contributed by atoms with Crippen LogP contribution in [0.4, 0.5) is 8.78 Å². The largest absolute Gasteiger partial charge is 0.480 e. The number of hydrogen-bond acceptors (Lipinski definition) is 2. The summed E-state index contributed by atoms with van der Waals surface area (Å²) in [7, 11) is 0. The molecule has 1 aromatic carbocycles. The molecule has 0 aromatic heterocycles. The Kier molecular flexibility index (Phi) is 5.28. The van der Waals surface area contributed by atoms with Gasteiger partial charge in [0.2, 0.25) is 0 Å². The quantitative estimate of drug-likeness (QED) is 0.869. The normalized spacial score (nSPS) is 20.6. The predicted octanol–water partition coefficient (Wildman–Crippen LogP) is 3.75. The molecule has 0 saturated carbocycles. The second-order valence-electron chi connectivity index (χ2n) is 5.56. The van der Waals surface area contributed by atoms with Crippen molar-refractivity contribution in [1.29, 1.82) is 0 Å². The summed E-state index contributed by atoms with van der Waals surface area (Å²) in [5.41, 5.74) is 0.401. The highest BCUT2D eigenvalue weighted by atomic mass is 19.1. The van der Waals surface area contributed by atoms with E-state index in [2.05, 4.69) is 0 Å². The van der Waals surface area contributed by atoms with E-state index in [-0.39, 0.29) is 6.04 Å². The third-order valence-electron chi connectivity index (χ3n) is 4.13. The van der Waals surface area contributed by atoms with Gasteiger partial charge in [-0.25, -0.2) is 8.78 Å². The maximum absolute atomic E-state index is 14.1. The molecule has 1 heterocycles. The van der Waals surface area contributed by atoms with Crippen molar-refractivity contribution >= 4 is 5.97 Å². The summed E-state index contributed by atoms with van der Waals surface area (Å²) in [6.07, 6.45) is 3.89. The Morgan fingerprint density at radius 1 is 1.48 bits per heavy atom. The van der Waals surface area contributed by atoms with Crippen LogP contribution in [0.25, 0.3) is 0 Å². The molecule has 1 aliphatic rings. The summed E-state index contributed by atoms with van der Waals surface area (Å²) >= 11 is 0. The summed E-state index contributed by atoms with van der Waals surface area (Å²) in [5.74, 6) is -2.06. The van der Waals surface area contributed by atoms with Gasteiger partial charge in [-0.3, -0.25) is 9.69 Å². The number of hydrogen-bond donors (Lipinski definition) is 1. The number of rotatable bonds is 6. The zero-order valence-corrected chi connectivity index (χ0v) is 12.2. The van der Waals surface area contributed by atoms with Crippen molar-refractivity contribution in [3.63, 3.8) is 0 Å². The van der Waals surface area contributed by atoms with E-state index in [0.717, 1.165) is 25.3 Å². The minimum Gasteiger partial charge on any atom is -0.480 e. The predicted molar refractivity (Wildman–Crippen MR) is 76.0 cm³/mol. The number of unbranched alkanes of at least 4 members (excludes halogenated alkanes) is 1. The topological polar surface area (TPSA) is 40.5 Å². The molecule has 116 valence electrons. The average molecular weight is 297 g/mol. The second kappa shape index (κ2) is 6.98. The van der Waals surface area contributed by atoms with Crippen molar-refractivity contribution in [2.24, 2.45) is 0 Å². The van der Waals surface area contributed by atoms with E-state index in [0.29, 0.717) is 24.9 Å². The summed E-state index contributed by atoms with van der Waals surface area (Å²) in [5, 5.41) is 9.32. The molecule has 0 amide bonds. The monoisotopic (exact) mass is 297 g/mol. The molecule has 1 aromatic rings. The molecule has 0 spiro atoms. The van der Waals surface area contributed by atoms with E-state index in [1.165, 1.54) is 12.1 Å². The van der Waals surface area contributed by atoms with Crippen LogP contribution < -0.4 is 0 Å². The van der Waals surface area contributed by atoms with Gasteiger partial charge >= 0.3 is 5.97 Å². The molecule has 1 N–H and O–H groups in total. The van der Waals surface area contributed by atoms with Crippen LogP contribution >= 0.6 is 0 Å². The Morgan fingerprint density at radius 2 is 2.24 bits per heavy atom. The first kappa shape index (κ1) is 15.9. The summed E-state index contributed by atoms with van der Waals surface area (Å²) in [4.78, 5) is 13.2. The van der Waals surface area contributed by atoms with Gasteiger partial charge in [0.1, 0.15) is 17.7 Å². The van der Waals surface area contributed by atoms with E-state index < -0.39 is 23.6 Å². The summed E-state index contributed by atoms with van der Waals surface area (Å²) in [6.45, 7) is 2.68. The van der Waals surface area contributed by atoms with Crippen molar-refractivity contribution in [2.75, 3.05) is 6.54 Å². The molecule has 0 radical (unpaired) electrons. The fourth-order valence-electron chi connectivity index (χ4n) is 3.10. The van der Waals surface area contributed by atoms with Gasteiger partial charge in [-0.2, -0.15) is 0 Å². The number of halogens is 2. The third kappa shape index (κ3) is 3.59. The lowest BCUT2D eigenvalue weighted by Crippen LogP contribution is -2.39. The fraction of sp³-hybridized carbons (Fsp3) is 0.562. The standard InChI is InChI=1S/C16H21F2NO2/c1-2-3-5-14(12-8-7-11(17)10-13(12)18)19-9-4-6-15(19)16(20)21/h7-8,10,14-15H,2-6,9H2,1H3,(H,20,21). The molecule has 2 atom stereocenters. The van der Waals surface area contributed by atoms with Gasteiger partial charge in [0, 0.05) is 17.7 Å².